The molecule has 0 radical (unpaired) electrons. The van der Waals surface area contributed by atoms with Crippen molar-refractivity contribution in [2.24, 2.45) is 5.92 Å². The van der Waals surface area contributed by atoms with Gasteiger partial charge in [0.15, 0.2) is 11.5 Å². The average Bonchev–Trinajstić information content (AvgIpc) is 2.58. The first-order valence-electron chi connectivity index (χ1n) is 8.38. The molecule has 0 aromatic heterocycles. The Balaban J connectivity index is 1.96. The highest BCUT2D eigenvalue weighted by atomic mass is 16.5. The van der Waals surface area contributed by atoms with Gasteiger partial charge in [0.05, 0.1) is 14.2 Å². The second-order valence-electron chi connectivity index (χ2n) is 6.40. The lowest BCUT2D eigenvalue weighted by molar-refractivity contribution is 0.0741. The zero-order valence-corrected chi connectivity index (χ0v) is 13.7. The van der Waals surface area contributed by atoms with Crippen LogP contribution in [0, 0.1) is 5.92 Å². The number of ether oxygens (including phenoxy) is 2. The van der Waals surface area contributed by atoms with Crippen LogP contribution in [0.2, 0.25) is 0 Å². The Hall–Kier alpha value is -1.26. The van der Waals surface area contributed by atoms with Crippen LogP contribution in [0.5, 0.6) is 11.5 Å². The van der Waals surface area contributed by atoms with Crippen molar-refractivity contribution in [3.8, 4) is 11.5 Å². The summed E-state index contributed by atoms with van der Waals surface area (Å²) >= 11 is 0. The predicted molar refractivity (Wildman–Crippen MR) is 86.6 cm³/mol. The van der Waals surface area contributed by atoms with E-state index in [0.717, 1.165) is 37.3 Å². The quantitative estimate of drug-likeness (QED) is 0.908. The molecule has 1 N–H and O–H groups in total. The first-order valence-corrected chi connectivity index (χ1v) is 8.38. The topological polar surface area (TPSA) is 41.9 Å². The SMILES string of the molecule is COc1cc2c(cc1OC)[C@H]1[C@@H](CCCO)CCCN1CC2. The summed E-state index contributed by atoms with van der Waals surface area (Å²) in [5.41, 5.74) is 2.81. The van der Waals surface area contributed by atoms with E-state index in [1.807, 2.05) is 0 Å². The van der Waals surface area contributed by atoms with Crippen LogP contribution in [0.4, 0.5) is 0 Å². The van der Waals surface area contributed by atoms with E-state index >= 15 is 0 Å². The highest BCUT2D eigenvalue weighted by molar-refractivity contribution is 5.49. The van der Waals surface area contributed by atoms with Gasteiger partial charge in [-0.15, -0.1) is 0 Å². The van der Waals surface area contributed by atoms with E-state index in [1.165, 1.54) is 30.5 Å². The van der Waals surface area contributed by atoms with Crippen LogP contribution in [-0.2, 0) is 6.42 Å². The van der Waals surface area contributed by atoms with Crippen molar-refractivity contribution in [1.82, 2.24) is 4.90 Å². The Morgan fingerprint density at radius 3 is 2.68 bits per heavy atom. The predicted octanol–water partition coefficient (Wildman–Crippen LogP) is 2.79. The van der Waals surface area contributed by atoms with Crippen molar-refractivity contribution < 1.29 is 14.6 Å². The second kappa shape index (κ2) is 6.88. The molecule has 0 amide bonds. The van der Waals surface area contributed by atoms with E-state index in [1.54, 1.807) is 14.2 Å². The van der Waals surface area contributed by atoms with Crippen molar-refractivity contribution in [1.29, 1.82) is 0 Å². The molecule has 1 aromatic rings. The van der Waals surface area contributed by atoms with Gasteiger partial charge < -0.3 is 14.6 Å². The second-order valence-corrected chi connectivity index (χ2v) is 6.40. The number of benzene rings is 1. The Morgan fingerprint density at radius 1 is 1.18 bits per heavy atom. The van der Waals surface area contributed by atoms with Gasteiger partial charge in [-0.1, -0.05) is 0 Å². The maximum atomic E-state index is 9.19. The zero-order valence-electron chi connectivity index (χ0n) is 13.7. The minimum absolute atomic E-state index is 0.294. The lowest BCUT2D eigenvalue weighted by Crippen LogP contribution is -2.43. The molecule has 0 spiro atoms. The summed E-state index contributed by atoms with van der Waals surface area (Å²) in [5, 5.41) is 9.19. The number of piperidine rings is 1. The molecule has 0 bridgehead atoms. The van der Waals surface area contributed by atoms with Crippen molar-refractivity contribution in [2.45, 2.75) is 38.1 Å². The van der Waals surface area contributed by atoms with Crippen molar-refractivity contribution in [3.05, 3.63) is 23.3 Å². The largest absolute Gasteiger partial charge is 0.493 e. The number of nitrogens with zero attached hydrogens (tertiary/aromatic N) is 1. The van der Waals surface area contributed by atoms with Crippen LogP contribution < -0.4 is 9.47 Å². The summed E-state index contributed by atoms with van der Waals surface area (Å²) in [5.74, 6) is 2.30. The summed E-state index contributed by atoms with van der Waals surface area (Å²) in [6.45, 7) is 2.61. The fourth-order valence-electron chi connectivity index (χ4n) is 4.20. The Labute approximate surface area is 133 Å². The molecule has 1 saturated heterocycles. The minimum Gasteiger partial charge on any atom is -0.493 e. The lowest BCUT2D eigenvalue weighted by atomic mass is 9.77. The molecule has 1 aromatic carbocycles. The molecule has 22 heavy (non-hydrogen) atoms. The number of hydrogen-bond acceptors (Lipinski definition) is 4. The van der Waals surface area contributed by atoms with E-state index in [-0.39, 0.29) is 0 Å². The van der Waals surface area contributed by atoms with Gasteiger partial charge in [-0.3, -0.25) is 4.90 Å². The summed E-state index contributed by atoms with van der Waals surface area (Å²) in [7, 11) is 3.40. The fraction of sp³-hybridized carbons (Fsp3) is 0.667. The van der Waals surface area contributed by atoms with Crippen LogP contribution in [-0.4, -0.2) is 43.9 Å². The third kappa shape index (κ3) is 2.82. The Bertz CT molecular complexity index is 517. The normalized spacial score (nSPS) is 24.5. The van der Waals surface area contributed by atoms with Gasteiger partial charge in [0.1, 0.15) is 0 Å². The Kier molecular flexibility index (Phi) is 4.89. The van der Waals surface area contributed by atoms with E-state index in [2.05, 4.69) is 17.0 Å². The molecule has 4 nitrogen and oxygen atoms in total. The minimum atomic E-state index is 0.294. The molecule has 2 atom stereocenters. The van der Waals surface area contributed by atoms with E-state index < -0.39 is 0 Å². The average molecular weight is 305 g/mol. The molecule has 0 unspecified atom stereocenters. The standard InChI is InChI=1S/C18H27NO3/c1-21-16-11-14-7-9-19-8-3-5-13(6-4-10-20)18(19)15(14)12-17(16)22-2/h11-13,18,20H,3-10H2,1-2H3/t13-,18-/m1/s1. The number of fused-ring (bicyclic) bond motifs is 3. The van der Waals surface area contributed by atoms with E-state index in [0.29, 0.717) is 18.6 Å². The van der Waals surface area contributed by atoms with Crippen LogP contribution in [0.3, 0.4) is 0 Å². The van der Waals surface area contributed by atoms with Crippen molar-refractivity contribution in [3.63, 3.8) is 0 Å². The number of hydrogen-bond donors (Lipinski definition) is 1. The lowest BCUT2D eigenvalue weighted by Gasteiger charge is -2.45. The highest BCUT2D eigenvalue weighted by Gasteiger charge is 2.36. The van der Waals surface area contributed by atoms with E-state index in [4.69, 9.17) is 9.47 Å². The molecule has 0 aliphatic carbocycles. The van der Waals surface area contributed by atoms with Crippen LogP contribution in [0.1, 0.15) is 42.9 Å². The number of rotatable bonds is 5. The summed E-state index contributed by atoms with van der Waals surface area (Å²) in [6.07, 6.45) is 5.62. The van der Waals surface area contributed by atoms with E-state index in [9.17, 15) is 5.11 Å². The molecule has 4 heteroatoms. The third-order valence-electron chi connectivity index (χ3n) is 5.23. The summed E-state index contributed by atoms with van der Waals surface area (Å²) in [4.78, 5) is 2.62. The van der Waals surface area contributed by atoms with Gasteiger partial charge in [0, 0.05) is 19.2 Å². The fourth-order valence-corrected chi connectivity index (χ4v) is 4.20. The summed E-state index contributed by atoms with van der Waals surface area (Å²) in [6, 6.07) is 4.81. The molecule has 1 fully saturated rings. The number of aliphatic hydroxyl groups excluding tert-OH is 1. The molecular weight excluding hydrogens is 278 g/mol. The van der Waals surface area contributed by atoms with Crippen LogP contribution >= 0.6 is 0 Å². The molecule has 122 valence electrons. The van der Waals surface area contributed by atoms with Gasteiger partial charge in [-0.05, 0) is 67.8 Å². The monoisotopic (exact) mass is 305 g/mol. The molecule has 3 rings (SSSR count). The molecular formula is C18H27NO3. The molecule has 0 saturated carbocycles. The van der Waals surface area contributed by atoms with Gasteiger partial charge in [-0.25, -0.2) is 0 Å². The molecule has 2 aliphatic rings. The maximum Gasteiger partial charge on any atom is 0.161 e. The Morgan fingerprint density at radius 2 is 1.95 bits per heavy atom. The van der Waals surface area contributed by atoms with Crippen LogP contribution in [0.15, 0.2) is 12.1 Å². The van der Waals surface area contributed by atoms with Crippen LogP contribution in [0.25, 0.3) is 0 Å². The van der Waals surface area contributed by atoms with Gasteiger partial charge in [0.25, 0.3) is 0 Å². The molecule has 2 aliphatic heterocycles. The molecule has 2 heterocycles. The third-order valence-corrected chi connectivity index (χ3v) is 5.23. The first-order chi connectivity index (χ1) is 10.8. The van der Waals surface area contributed by atoms with Gasteiger partial charge in [0.2, 0.25) is 0 Å². The van der Waals surface area contributed by atoms with Gasteiger partial charge >= 0.3 is 0 Å². The van der Waals surface area contributed by atoms with Crippen molar-refractivity contribution in [2.75, 3.05) is 33.9 Å². The number of aliphatic hydroxyl groups is 1. The maximum absolute atomic E-state index is 9.19. The highest BCUT2D eigenvalue weighted by Crippen LogP contribution is 2.45. The van der Waals surface area contributed by atoms with Crippen molar-refractivity contribution >= 4 is 0 Å². The zero-order chi connectivity index (χ0) is 15.5. The first kappa shape index (κ1) is 15.6. The smallest absolute Gasteiger partial charge is 0.161 e. The van der Waals surface area contributed by atoms with Gasteiger partial charge in [-0.2, -0.15) is 0 Å². The number of methoxy groups -OCH3 is 2. The summed E-state index contributed by atoms with van der Waals surface area (Å²) < 4.78 is 11.0.